The van der Waals surface area contributed by atoms with Gasteiger partial charge in [0.25, 0.3) is 0 Å². The van der Waals surface area contributed by atoms with Gasteiger partial charge in [-0.05, 0) is 37.1 Å². The number of rotatable bonds is 11. The van der Waals surface area contributed by atoms with Crippen molar-refractivity contribution in [2.45, 2.75) is 39.7 Å². The standard InChI is InChI=1S/C20H26FN5O2/c1-3-5-10-26-14-22-17-18(26)24-20(23-16-8-6-15(21)7-9-16)25-19(17)28-13-12-27-11-4-2/h6-9,14H,3-5,10-13H2,1-2H3,(H,23,24,25). The van der Waals surface area contributed by atoms with E-state index in [4.69, 9.17) is 9.47 Å². The van der Waals surface area contributed by atoms with Crippen molar-refractivity contribution in [3.63, 3.8) is 0 Å². The van der Waals surface area contributed by atoms with E-state index in [2.05, 4.69) is 34.1 Å². The van der Waals surface area contributed by atoms with Gasteiger partial charge in [0.2, 0.25) is 11.8 Å². The van der Waals surface area contributed by atoms with Crippen LogP contribution in [0.15, 0.2) is 30.6 Å². The fraction of sp³-hybridized carbons (Fsp3) is 0.450. The second-order valence-electron chi connectivity index (χ2n) is 6.41. The molecule has 0 aliphatic rings. The molecular formula is C20H26FN5O2. The predicted octanol–water partition coefficient (Wildman–Crippen LogP) is 4.31. The molecule has 0 unspecified atom stereocenters. The quantitative estimate of drug-likeness (QED) is 0.494. The molecule has 0 spiro atoms. The Hall–Kier alpha value is -2.74. The summed E-state index contributed by atoms with van der Waals surface area (Å²) in [6.07, 6.45) is 4.82. The second kappa shape index (κ2) is 9.98. The number of unbranched alkanes of at least 4 members (excludes halogenated alkanes) is 1. The van der Waals surface area contributed by atoms with Gasteiger partial charge in [-0.2, -0.15) is 9.97 Å². The number of nitrogens with zero attached hydrogens (tertiary/aromatic N) is 4. The SMILES string of the molecule is CCCCn1cnc2c(OCCOCCC)nc(Nc3ccc(F)cc3)nc21. The Bertz CT molecular complexity index is 882. The van der Waals surface area contributed by atoms with Crippen LogP contribution in [0.1, 0.15) is 33.1 Å². The summed E-state index contributed by atoms with van der Waals surface area (Å²) in [5.74, 6) is 0.488. The lowest BCUT2D eigenvalue weighted by molar-refractivity contribution is 0.0995. The van der Waals surface area contributed by atoms with E-state index < -0.39 is 0 Å². The van der Waals surface area contributed by atoms with Crippen LogP contribution in [0, 0.1) is 5.82 Å². The molecule has 0 atom stereocenters. The summed E-state index contributed by atoms with van der Waals surface area (Å²) in [4.78, 5) is 13.5. The highest BCUT2D eigenvalue weighted by Gasteiger charge is 2.15. The molecule has 0 saturated heterocycles. The van der Waals surface area contributed by atoms with Crippen LogP contribution in [0.3, 0.4) is 0 Å². The first kappa shape index (κ1) is 20.0. The maximum absolute atomic E-state index is 13.2. The molecule has 7 nitrogen and oxygen atoms in total. The van der Waals surface area contributed by atoms with E-state index in [1.54, 1.807) is 18.5 Å². The molecule has 28 heavy (non-hydrogen) atoms. The molecule has 2 aromatic heterocycles. The van der Waals surface area contributed by atoms with Gasteiger partial charge in [-0.15, -0.1) is 0 Å². The minimum atomic E-state index is -0.296. The fourth-order valence-electron chi connectivity index (χ4n) is 2.67. The van der Waals surface area contributed by atoms with Crippen LogP contribution in [-0.2, 0) is 11.3 Å². The summed E-state index contributed by atoms with van der Waals surface area (Å²) in [6, 6.07) is 6.04. The number of aryl methyl sites for hydroxylation is 1. The van der Waals surface area contributed by atoms with Crippen molar-refractivity contribution in [3.05, 3.63) is 36.4 Å². The van der Waals surface area contributed by atoms with Crippen LogP contribution in [0.4, 0.5) is 16.0 Å². The molecule has 0 bridgehead atoms. The molecule has 1 aromatic carbocycles. The number of ether oxygens (including phenoxy) is 2. The molecule has 3 aromatic rings. The van der Waals surface area contributed by atoms with E-state index in [1.807, 2.05) is 4.57 Å². The van der Waals surface area contributed by atoms with Gasteiger partial charge in [0, 0.05) is 18.8 Å². The van der Waals surface area contributed by atoms with Crippen molar-refractivity contribution in [3.8, 4) is 5.88 Å². The van der Waals surface area contributed by atoms with Gasteiger partial charge in [0.15, 0.2) is 11.2 Å². The summed E-state index contributed by atoms with van der Waals surface area (Å²) < 4.78 is 26.4. The van der Waals surface area contributed by atoms with E-state index in [9.17, 15) is 4.39 Å². The monoisotopic (exact) mass is 387 g/mol. The summed E-state index contributed by atoms with van der Waals surface area (Å²) in [6.45, 7) is 6.58. The fourth-order valence-corrected chi connectivity index (χ4v) is 2.67. The van der Waals surface area contributed by atoms with Crippen molar-refractivity contribution in [2.75, 3.05) is 25.1 Å². The zero-order chi connectivity index (χ0) is 19.8. The maximum atomic E-state index is 13.2. The zero-order valence-electron chi connectivity index (χ0n) is 16.3. The lowest BCUT2D eigenvalue weighted by Gasteiger charge is -2.10. The third kappa shape index (κ3) is 5.16. The average molecular weight is 387 g/mol. The largest absolute Gasteiger partial charge is 0.474 e. The lowest BCUT2D eigenvalue weighted by Crippen LogP contribution is -2.10. The number of imidazole rings is 1. The Labute approximate surface area is 163 Å². The van der Waals surface area contributed by atoms with Crippen molar-refractivity contribution >= 4 is 22.8 Å². The molecule has 8 heteroatoms. The minimum Gasteiger partial charge on any atom is -0.474 e. The summed E-state index contributed by atoms with van der Waals surface area (Å²) in [5.41, 5.74) is 2.02. The van der Waals surface area contributed by atoms with E-state index in [1.165, 1.54) is 12.1 Å². The Morgan fingerprint density at radius 1 is 1.04 bits per heavy atom. The smallest absolute Gasteiger partial charge is 0.247 e. The molecular weight excluding hydrogens is 361 g/mol. The Morgan fingerprint density at radius 3 is 2.61 bits per heavy atom. The summed E-state index contributed by atoms with van der Waals surface area (Å²) >= 11 is 0. The summed E-state index contributed by atoms with van der Waals surface area (Å²) in [5, 5.41) is 3.11. The second-order valence-corrected chi connectivity index (χ2v) is 6.41. The molecule has 1 N–H and O–H groups in total. The number of hydrogen-bond donors (Lipinski definition) is 1. The third-order valence-corrected chi connectivity index (χ3v) is 4.10. The zero-order valence-corrected chi connectivity index (χ0v) is 16.3. The molecule has 0 amide bonds. The molecule has 0 radical (unpaired) electrons. The number of benzene rings is 1. The van der Waals surface area contributed by atoms with Crippen LogP contribution < -0.4 is 10.1 Å². The van der Waals surface area contributed by atoms with E-state index >= 15 is 0 Å². The topological polar surface area (TPSA) is 74.1 Å². The van der Waals surface area contributed by atoms with E-state index in [0.717, 1.165) is 25.8 Å². The number of fused-ring (bicyclic) bond motifs is 1. The van der Waals surface area contributed by atoms with Crippen LogP contribution in [0.2, 0.25) is 0 Å². The van der Waals surface area contributed by atoms with Gasteiger partial charge < -0.3 is 19.4 Å². The molecule has 3 rings (SSSR count). The minimum absolute atomic E-state index is 0.296. The number of nitrogens with one attached hydrogen (secondary N) is 1. The molecule has 0 aliphatic heterocycles. The van der Waals surface area contributed by atoms with Gasteiger partial charge in [-0.3, -0.25) is 0 Å². The van der Waals surface area contributed by atoms with Gasteiger partial charge >= 0.3 is 0 Å². The Kier molecular flexibility index (Phi) is 7.13. The van der Waals surface area contributed by atoms with Crippen molar-refractivity contribution in [2.24, 2.45) is 0 Å². The van der Waals surface area contributed by atoms with Gasteiger partial charge in [-0.1, -0.05) is 20.3 Å². The molecule has 2 heterocycles. The first-order chi connectivity index (χ1) is 13.7. The molecule has 0 saturated carbocycles. The maximum Gasteiger partial charge on any atom is 0.247 e. The van der Waals surface area contributed by atoms with Crippen LogP contribution in [0.5, 0.6) is 5.88 Å². The van der Waals surface area contributed by atoms with E-state index in [0.29, 0.717) is 48.5 Å². The lowest BCUT2D eigenvalue weighted by atomic mass is 10.3. The highest BCUT2D eigenvalue weighted by molar-refractivity contribution is 5.78. The average Bonchev–Trinajstić information content (AvgIpc) is 3.11. The van der Waals surface area contributed by atoms with Gasteiger partial charge in [0.05, 0.1) is 12.9 Å². The third-order valence-electron chi connectivity index (χ3n) is 4.10. The van der Waals surface area contributed by atoms with Crippen molar-refractivity contribution in [1.29, 1.82) is 0 Å². The van der Waals surface area contributed by atoms with Crippen LogP contribution in [0.25, 0.3) is 11.2 Å². The van der Waals surface area contributed by atoms with Gasteiger partial charge in [0.1, 0.15) is 12.4 Å². The first-order valence-electron chi connectivity index (χ1n) is 9.67. The molecule has 0 fully saturated rings. The number of halogens is 1. The van der Waals surface area contributed by atoms with E-state index in [-0.39, 0.29) is 5.82 Å². The molecule has 150 valence electrons. The number of anilines is 2. The first-order valence-corrected chi connectivity index (χ1v) is 9.67. The highest BCUT2D eigenvalue weighted by atomic mass is 19.1. The highest BCUT2D eigenvalue weighted by Crippen LogP contribution is 2.25. The van der Waals surface area contributed by atoms with Crippen LogP contribution >= 0.6 is 0 Å². The Morgan fingerprint density at radius 2 is 1.86 bits per heavy atom. The van der Waals surface area contributed by atoms with Crippen LogP contribution in [-0.4, -0.2) is 39.3 Å². The van der Waals surface area contributed by atoms with Crippen molar-refractivity contribution in [1.82, 2.24) is 19.5 Å². The number of aromatic nitrogens is 4. The molecule has 0 aliphatic carbocycles. The predicted molar refractivity (Wildman–Crippen MR) is 107 cm³/mol. The normalized spacial score (nSPS) is 11.1. The van der Waals surface area contributed by atoms with Crippen molar-refractivity contribution < 1.29 is 13.9 Å². The summed E-state index contributed by atoms with van der Waals surface area (Å²) in [7, 11) is 0. The Balaban J connectivity index is 1.85. The number of hydrogen-bond acceptors (Lipinski definition) is 6. The van der Waals surface area contributed by atoms with Gasteiger partial charge in [-0.25, -0.2) is 9.37 Å².